The van der Waals surface area contributed by atoms with Crippen molar-refractivity contribution in [3.05, 3.63) is 40.9 Å². The second-order valence-electron chi connectivity index (χ2n) is 4.47. The van der Waals surface area contributed by atoms with E-state index in [9.17, 15) is 0 Å². The van der Waals surface area contributed by atoms with E-state index in [0.717, 1.165) is 29.6 Å². The Morgan fingerprint density at radius 2 is 2.05 bits per heavy atom. The molecule has 0 bridgehead atoms. The molecule has 2 rings (SSSR count). The molecule has 0 spiro atoms. The summed E-state index contributed by atoms with van der Waals surface area (Å²) in [6.45, 7) is 4.46. The molecule has 0 saturated carbocycles. The number of aromatic nitrogens is 1. The van der Waals surface area contributed by atoms with Crippen LogP contribution in [0.3, 0.4) is 0 Å². The number of benzene rings is 1. The second-order valence-corrected chi connectivity index (χ2v) is 5.54. The quantitative estimate of drug-likeness (QED) is 0.850. The number of methoxy groups -OCH3 is 1. The van der Waals surface area contributed by atoms with E-state index in [0.29, 0.717) is 6.61 Å². The van der Waals surface area contributed by atoms with Gasteiger partial charge in [-0.15, -0.1) is 0 Å². The summed E-state index contributed by atoms with van der Waals surface area (Å²) in [5, 5.41) is 4.35. The number of ether oxygens (including phenoxy) is 1. The summed E-state index contributed by atoms with van der Waals surface area (Å²) in [4.78, 5) is 8.06. The van der Waals surface area contributed by atoms with E-state index in [4.69, 9.17) is 9.72 Å². The van der Waals surface area contributed by atoms with Crippen LogP contribution in [0.1, 0.15) is 17.5 Å². The van der Waals surface area contributed by atoms with E-state index in [1.807, 2.05) is 25.2 Å². The fourth-order valence-electron chi connectivity index (χ4n) is 1.90. The van der Waals surface area contributed by atoms with Crippen molar-refractivity contribution >= 4 is 22.2 Å². The van der Waals surface area contributed by atoms with Crippen LogP contribution >= 0.6 is 11.3 Å². The molecule has 0 radical (unpaired) electrons. The van der Waals surface area contributed by atoms with Crippen LogP contribution in [0.5, 0.6) is 0 Å². The van der Waals surface area contributed by atoms with Crippen LogP contribution in [-0.2, 0) is 17.9 Å². The lowest BCUT2D eigenvalue weighted by molar-refractivity contribution is 0.181. The minimum absolute atomic E-state index is 0.555. The van der Waals surface area contributed by atoms with Gasteiger partial charge in [0.15, 0.2) is 5.13 Å². The van der Waals surface area contributed by atoms with Crippen LogP contribution < -0.4 is 10.2 Å². The molecule has 1 aromatic carbocycles. The lowest BCUT2D eigenvalue weighted by Crippen LogP contribution is -2.12. The molecule has 1 heterocycles. The van der Waals surface area contributed by atoms with Crippen LogP contribution in [-0.4, -0.2) is 25.7 Å². The maximum atomic E-state index is 5.25. The molecule has 0 fully saturated rings. The first-order valence-electron chi connectivity index (χ1n) is 6.73. The van der Waals surface area contributed by atoms with Gasteiger partial charge in [0.25, 0.3) is 0 Å². The van der Waals surface area contributed by atoms with Gasteiger partial charge in [0, 0.05) is 31.3 Å². The van der Waals surface area contributed by atoms with Crippen LogP contribution in [0.2, 0.25) is 0 Å². The first-order chi connectivity index (χ1) is 9.76. The van der Waals surface area contributed by atoms with E-state index in [-0.39, 0.29) is 0 Å². The van der Waals surface area contributed by atoms with Crippen molar-refractivity contribution in [3.63, 3.8) is 0 Å². The number of thiazole rings is 1. The fourth-order valence-corrected chi connectivity index (χ4v) is 2.92. The standard InChI is InChI=1S/C15H21N3OS/c1-4-16-10-14-13(11-19-3)17-15(20-14)18(2)12-8-6-5-7-9-12/h5-9,16H,4,10-11H2,1-3H3. The van der Waals surface area contributed by atoms with Crippen LogP contribution in [0.15, 0.2) is 30.3 Å². The molecule has 0 atom stereocenters. The topological polar surface area (TPSA) is 37.4 Å². The van der Waals surface area contributed by atoms with Crippen LogP contribution in [0.4, 0.5) is 10.8 Å². The lowest BCUT2D eigenvalue weighted by Gasteiger charge is -2.15. The van der Waals surface area contributed by atoms with Gasteiger partial charge in [-0.2, -0.15) is 0 Å². The SMILES string of the molecule is CCNCc1sc(N(C)c2ccccc2)nc1COC. The van der Waals surface area contributed by atoms with Crippen molar-refractivity contribution in [1.82, 2.24) is 10.3 Å². The van der Waals surface area contributed by atoms with Gasteiger partial charge >= 0.3 is 0 Å². The number of nitrogens with zero attached hydrogens (tertiary/aromatic N) is 2. The molecule has 0 aliphatic heterocycles. The molecule has 0 saturated heterocycles. The number of hydrogen-bond donors (Lipinski definition) is 1. The first kappa shape index (κ1) is 15.0. The Labute approximate surface area is 124 Å². The van der Waals surface area contributed by atoms with Gasteiger partial charge in [-0.25, -0.2) is 4.98 Å². The number of rotatable bonds is 7. The molecule has 1 aromatic heterocycles. The van der Waals surface area contributed by atoms with Gasteiger partial charge in [-0.1, -0.05) is 36.5 Å². The molecular weight excluding hydrogens is 270 g/mol. The Hall–Kier alpha value is -1.43. The minimum atomic E-state index is 0.555. The van der Waals surface area contributed by atoms with Crippen LogP contribution in [0.25, 0.3) is 0 Å². The predicted octanol–water partition coefficient (Wildman–Crippen LogP) is 3.17. The van der Waals surface area contributed by atoms with E-state index >= 15 is 0 Å². The van der Waals surface area contributed by atoms with Gasteiger partial charge in [0.1, 0.15) is 0 Å². The molecular formula is C15H21N3OS. The van der Waals surface area contributed by atoms with E-state index in [1.165, 1.54) is 4.88 Å². The average Bonchev–Trinajstić information content (AvgIpc) is 2.89. The van der Waals surface area contributed by atoms with Gasteiger partial charge in [0.05, 0.1) is 12.3 Å². The Kier molecular flexibility index (Phi) is 5.52. The molecule has 1 N–H and O–H groups in total. The van der Waals surface area contributed by atoms with Crippen LogP contribution in [0, 0.1) is 0 Å². The fraction of sp³-hybridized carbons (Fsp3) is 0.400. The summed E-state index contributed by atoms with van der Waals surface area (Å²) in [7, 11) is 3.75. The van der Waals surface area contributed by atoms with E-state index in [1.54, 1.807) is 18.4 Å². The van der Waals surface area contributed by atoms with Crippen molar-refractivity contribution in [2.45, 2.75) is 20.1 Å². The third kappa shape index (κ3) is 3.56. The summed E-state index contributed by atoms with van der Waals surface area (Å²) < 4.78 is 5.25. The van der Waals surface area contributed by atoms with Gasteiger partial charge in [0.2, 0.25) is 0 Å². The molecule has 0 aliphatic carbocycles. The van der Waals surface area contributed by atoms with Gasteiger partial charge in [-0.05, 0) is 18.7 Å². The predicted molar refractivity (Wildman–Crippen MR) is 84.7 cm³/mol. The largest absolute Gasteiger partial charge is 0.378 e. The molecule has 2 aromatic rings. The Bertz CT molecular complexity index is 527. The maximum absolute atomic E-state index is 5.25. The molecule has 4 nitrogen and oxygen atoms in total. The zero-order chi connectivity index (χ0) is 14.4. The number of hydrogen-bond acceptors (Lipinski definition) is 5. The van der Waals surface area contributed by atoms with Gasteiger partial charge < -0.3 is 15.0 Å². The number of para-hydroxylation sites is 1. The summed E-state index contributed by atoms with van der Waals surface area (Å²) in [6.07, 6.45) is 0. The zero-order valence-electron chi connectivity index (χ0n) is 12.2. The van der Waals surface area contributed by atoms with Crippen molar-refractivity contribution < 1.29 is 4.74 Å². The molecule has 20 heavy (non-hydrogen) atoms. The molecule has 0 unspecified atom stereocenters. The average molecular weight is 291 g/mol. The lowest BCUT2D eigenvalue weighted by atomic mass is 10.3. The Morgan fingerprint density at radius 1 is 1.30 bits per heavy atom. The maximum Gasteiger partial charge on any atom is 0.190 e. The van der Waals surface area contributed by atoms with Crippen molar-refractivity contribution in [3.8, 4) is 0 Å². The minimum Gasteiger partial charge on any atom is -0.378 e. The van der Waals surface area contributed by atoms with E-state index < -0.39 is 0 Å². The second kappa shape index (κ2) is 7.38. The molecule has 108 valence electrons. The first-order valence-corrected chi connectivity index (χ1v) is 7.55. The normalized spacial score (nSPS) is 10.8. The highest BCUT2D eigenvalue weighted by Crippen LogP contribution is 2.30. The van der Waals surface area contributed by atoms with Gasteiger partial charge in [-0.3, -0.25) is 0 Å². The highest BCUT2D eigenvalue weighted by Gasteiger charge is 2.14. The molecule has 0 amide bonds. The Balaban J connectivity index is 2.23. The molecule has 0 aliphatic rings. The highest BCUT2D eigenvalue weighted by molar-refractivity contribution is 7.15. The molecule has 5 heteroatoms. The third-order valence-corrected chi connectivity index (χ3v) is 4.19. The van der Waals surface area contributed by atoms with Crippen molar-refractivity contribution in [1.29, 1.82) is 0 Å². The highest BCUT2D eigenvalue weighted by atomic mass is 32.1. The monoisotopic (exact) mass is 291 g/mol. The summed E-state index contributed by atoms with van der Waals surface area (Å²) in [6, 6.07) is 10.3. The number of anilines is 2. The smallest absolute Gasteiger partial charge is 0.190 e. The third-order valence-electron chi connectivity index (χ3n) is 3.01. The summed E-state index contributed by atoms with van der Waals surface area (Å²) in [5.41, 5.74) is 2.16. The van der Waals surface area contributed by atoms with E-state index in [2.05, 4.69) is 29.3 Å². The summed E-state index contributed by atoms with van der Waals surface area (Å²) >= 11 is 1.71. The number of nitrogens with one attached hydrogen (secondary N) is 1. The van der Waals surface area contributed by atoms with Crippen molar-refractivity contribution in [2.24, 2.45) is 0 Å². The van der Waals surface area contributed by atoms with Crippen molar-refractivity contribution in [2.75, 3.05) is 25.6 Å². The Morgan fingerprint density at radius 3 is 2.70 bits per heavy atom. The summed E-state index contributed by atoms with van der Waals surface area (Å²) in [5.74, 6) is 0. The zero-order valence-corrected chi connectivity index (χ0v) is 13.0.